The first kappa shape index (κ1) is 10.4. The van der Waals surface area contributed by atoms with Gasteiger partial charge in [-0.1, -0.05) is 13.8 Å². The topological polar surface area (TPSA) is 26.0 Å². The molecule has 0 bridgehead atoms. The van der Waals surface area contributed by atoms with Gasteiger partial charge in [-0.25, -0.2) is 4.98 Å². The first-order chi connectivity index (χ1) is 6.15. The van der Waals surface area contributed by atoms with Crippen molar-refractivity contribution >= 4 is 17.3 Å². The predicted octanol–water partition coefficient (Wildman–Crippen LogP) is 3.52. The lowest BCUT2D eigenvalue weighted by molar-refractivity contribution is 0.471. The molecule has 0 fully saturated rings. The van der Waals surface area contributed by atoms with Crippen LogP contribution in [0.15, 0.2) is 16.1 Å². The summed E-state index contributed by atoms with van der Waals surface area (Å²) >= 11 is 1.68. The Morgan fingerprint density at radius 3 is 2.77 bits per heavy atom. The Kier molecular flexibility index (Phi) is 3.60. The molecule has 0 radical (unpaired) electrons. The van der Waals surface area contributed by atoms with E-state index in [1.165, 1.54) is 0 Å². The van der Waals surface area contributed by atoms with Gasteiger partial charge in [-0.2, -0.15) is 0 Å². The highest BCUT2D eigenvalue weighted by Crippen LogP contribution is 2.19. The second-order valence-electron chi connectivity index (χ2n) is 3.26. The predicted molar refractivity (Wildman–Crippen MR) is 57.8 cm³/mol. The highest BCUT2D eigenvalue weighted by molar-refractivity contribution is 8.01. The van der Waals surface area contributed by atoms with Crippen molar-refractivity contribution in [2.24, 2.45) is 0 Å². The monoisotopic (exact) mass is 197 g/mol. The van der Waals surface area contributed by atoms with Crippen LogP contribution in [0.2, 0.25) is 0 Å². The second kappa shape index (κ2) is 4.51. The largest absolute Gasteiger partial charge is 0.448 e. The molecule has 0 saturated carbocycles. The molecule has 1 rings (SSSR count). The quantitative estimate of drug-likeness (QED) is 0.741. The maximum Gasteiger partial charge on any atom is 0.197 e. The molecular formula is C10H15NOS. The SMILES string of the molecule is CS/C=C(\C)c1coc(C(C)C)n1. The smallest absolute Gasteiger partial charge is 0.197 e. The summed E-state index contributed by atoms with van der Waals surface area (Å²) in [5.41, 5.74) is 2.10. The third-order valence-corrected chi connectivity index (χ3v) is 2.30. The number of oxazole rings is 1. The summed E-state index contributed by atoms with van der Waals surface area (Å²) in [5, 5.41) is 2.07. The number of thioether (sulfide) groups is 1. The Balaban J connectivity index is 2.85. The third kappa shape index (κ3) is 2.62. The summed E-state index contributed by atoms with van der Waals surface area (Å²) in [6.07, 6.45) is 3.75. The standard InChI is InChI=1S/C10H15NOS/c1-7(2)10-11-9(5-12-10)8(3)6-13-4/h5-7H,1-4H3/b8-6+. The molecule has 1 heterocycles. The number of aromatic nitrogens is 1. The molecule has 1 aromatic heterocycles. The van der Waals surface area contributed by atoms with E-state index < -0.39 is 0 Å². The van der Waals surface area contributed by atoms with Gasteiger partial charge in [0.2, 0.25) is 0 Å². The van der Waals surface area contributed by atoms with Crippen LogP contribution in [0.1, 0.15) is 38.3 Å². The molecular weight excluding hydrogens is 182 g/mol. The Morgan fingerprint density at radius 1 is 1.62 bits per heavy atom. The van der Waals surface area contributed by atoms with Crippen molar-refractivity contribution in [2.75, 3.05) is 6.26 Å². The molecule has 3 heteroatoms. The minimum absolute atomic E-state index is 0.357. The normalized spacial score (nSPS) is 12.5. The summed E-state index contributed by atoms with van der Waals surface area (Å²) < 4.78 is 5.33. The van der Waals surface area contributed by atoms with Crippen LogP contribution in [0.4, 0.5) is 0 Å². The zero-order valence-electron chi connectivity index (χ0n) is 8.50. The number of hydrogen-bond donors (Lipinski definition) is 0. The number of allylic oxidation sites excluding steroid dienone is 1. The Hall–Kier alpha value is -0.700. The van der Waals surface area contributed by atoms with E-state index >= 15 is 0 Å². The average Bonchev–Trinajstić information content (AvgIpc) is 2.52. The summed E-state index contributed by atoms with van der Waals surface area (Å²) in [6, 6.07) is 0. The lowest BCUT2D eigenvalue weighted by Gasteiger charge is -1.95. The van der Waals surface area contributed by atoms with Gasteiger partial charge in [0.05, 0.1) is 0 Å². The second-order valence-corrected chi connectivity index (χ2v) is 3.97. The summed E-state index contributed by atoms with van der Waals surface area (Å²) in [4.78, 5) is 4.38. The van der Waals surface area contributed by atoms with Crippen LogP contribution >= 0.6 is 11.8 Å². The minimum Gasteiger partial charge on any atom is -0.448 e. The van der Waals surface area contributed by atoms with E-state index in [1.807, 2.05) is 13.2 Å². The van der Waals surface area contributed by atoms with Crippen LogP contribution in [-0.4, -0.2) is 11.2 Å². The lowest BCUT2D eigenvalue weighted by atomic mass is 10.2. The van der Waals surface area contributed by atoms with E-state index in [4.69, 9.17) is 4.42 Å². The maximum atomic E-state index is 5.33. The lowest BCUT2D eigenvalue weighted by Crippen LogP contribution is -1.87. The van der Waals surface area contributed by atoms with Crippen LogP contribution in [0.3, 0.4) is 0 Å². The summed E-state index contributed by atoms with van der Waals surface area (Å²) in [7, 11) is 0. The molecule has 0 saturated heterocycles. The highest BCUT2D eigenvalue weighted by Gasteiger charge is 2.08. The molecule has 0 aliphatic heterocycles. The van der Waals surface area contributed by atoms with Gasteiger partial charge in [-0.15, -0.1) is 11.8 Å². The van der Waals surface area contributed by atoms with Crippen molar-refractivity contribution in [3.63, 3.8) is 0 Å². The zero-order chi connectivity index (χ0) is 9.84. The molecule has 0 aromatic carbocycles. The van der Waals surface area contributed by atoms with E-state index in [-0.39, 0.29) is 0 Å². The zero-order valence-corrected chi connectivity index (χ0v) is 9.31. The molecule has 0 aliphatic rings. The van der Waals surface area contributed by atoms with Crippen LogP contribution in [0, 0.1) is 0 Å². The first-order valence-corrected chi connectivity index (χ1v) is 5.59. The Bertz CT molecular complexity index is 302. The fourth-order valence-corrected chi connectivity index (χ4v) is 1.45. The number of nitrogens with zero attached hydrogens (tertiary/aromatic N) is 1. The van der Waals surface area contributed by atoms with Gasteiger partial charge in [0.25, 0.3) is 0 Å². The van der Waals surface area contributed by atoms with Gasteiger partial charge in [0.1, 0.15) is 12.0 Å². The van der Waals surface area contributed by atoms with Crippen LogP contribution in [0.25, 0.3) is 5.57 Å². The van der Waals surface area contributed by atoms with Gasteiger partial charge in [0.15, 0.2) is 5.89 Å². The fourth-order valence-electron chi connectivity index (χ4n) is 0.971. The van der Waals surface area contributed by atoms with E-state index in [0.717, 1.165) is 17.2 Å². The Labute approximate surface area is 83.4 Å². The van der Waals surface area contributed by atoms with Crippen molar-refractivity contribution in [1.29, 1.82) is 0 Å². The van der Waals surface area contributed by atoms with E-state index in [1.54, 1.807) is 18.0 Å². The van der Waals surface area contributed by atoms with Gasteiger partial charge in [-0.05, 0) is 24.2 Å². The molecule has 2 nitrogen and oxygen atoms in total. The van der Waals surface area contributed by atoms with Gasteiger partial charge in [-0.3, -0.25) is 0 Å². The van der Waals surface area contributed by atoms with Crippen molar-refractivity contribution < 1.29 is 4.42 Å². The van der Waals surface area contributed by atoms with Gasteiger partial charge >= 0.3 is 0 Å². The van der Waals surface area contributed by atoms with Crippen molar-refractivity contribution in [3.05, 3.63) is 23.3 Å². The van der Waals surface area contributed by atoms with Crippen molar-refractivity contribution in [2.45, 2.75) is 26.7 Å². The van der Waals surface area contributed by atoms with E-state index in [2.05, 4.69) is 24.2 Å². The fraction of sp³-hybridized carbons (Fsp3) is 0.500. The number of hydrogen-bond acceptors (Lipinski definition) is 3. The van der Waals surface area contributed by atoms with Crippen LogP contribution in [-0.2, 0) is 0 Å². The van der Waals surface area contributed by atoms with Crippen molar-refractivity contribution in [3.8, 4) is 0 Å². The maximum absolute atomic E-state index is 5.33. The minimum atomic E-state index is 0.357. The summed E-state index contributed by atoms with van der Waals surface area (Å²) in [6.45, 7) is 6.19. The molecule has 0 N–H and O–H groups in total. The van der Waals surface area contributed by atoms with Crippen LogP contribution < -0.4 is 0 Å². The average molecular weight is 197 g/mol. The van der Waals surface area contributed by atoms with Gasteiger partial charge in [0, 0.05) is 5.92 Å². The molecule has 0 atom stereocenters. The van der Waals surface area contributed by atoms with E-state index in [9.17, 15) is 0 Å². The molecule has 0 aliphatic carbocycles. The van der Waals surface area contributed by atoms with E-state index in [0.29, 0.717) is 5.92 Å². The summed E-state index contributed by atoms with van der Waals surface area (Å²) in [5.74, 6) is 1.17. The highest BCUT2D eigenvalue weighted by atomic mass is 32.2. The van der Waals surface area contributed by atoms with Crippen molar-refractivity contribution in [1.82, 2.24) is 4.98 Å². The van der Waals surface area contributed by atoms with Crippen LogP contribution in [0.5, 0.6) is 0 Å². The molecule has 0 amide bonds. The molecule has 1 aromatic rings. The Morgan fingerprint density at radius 2 is 2.31 bits per heavy atom. The van der Waals surface area contributed by atoms with Gasteiger partial charge < -0.3 is 4.42 Å². The molecule has 72 valence electrons. The number of rotatable bonds is 3. The first-order valence-electron chi connectivity index (χ1n) is 4.30. The molecule has 13 heavy (non-hydrogen) atoms. The molecule has 0 spiro atoms. The third-order valence-electron chi connectivity index (χ3n) is 1.71. The molecule has 0 unspecified atom stereocenters.